The van der Waals surface area contributed by atoms with Crippen LogP contribution in [-0.4, -0.2) is 11.6 Å². The summed E-state index contributed by atoms with van der Waals surface area (Å²) in [5.41, 5.74) is 0.881. The van der Waals surface area contributed by atoms with E-state index in [0.717, 1.165) is 10.9 Å². The van der Waals surface area contributed by atoms with Crippen molar-refractivity contribution in [3.63, 3.8) is 0 Å². The van der Waals surface area contributed by atoms with E-state index in [1.54, 1.807) is 12.3 Å². The van der Waals surface area contributed by atoms with Gasteiger partial charge in [-0.25, -0.2) is 4.98 Å². The Kier molecular flexibility index (Phi) is 4.77. The van der Waals surface area contributed by atoms with E-state index in [9.17, 15) is 0 Å². The molecule has 0 aliphatic carbocycles. The standard InChI is InChI=1S/C17H19NO2/c1-4-10-19-16-12-14-7-5-6-8-15(14)18-17(16)20-11-9-13(2)3/h4-9,11-13H,1,10H2,2-3H3. The summed E-state index contributed by atoms with van der Waals surface area (Å²) in [5.74, 6) is 1.52. The highest BCUT2D eigenvalue weighted by Gasteiger charge is 2.08. The summed E-state index contributed by atoms with van der Waals surface area (Å²) in [5, 5.41) is 1.02. The zero-order valence-electron chi connectivity index (χ0n) is 11.9. The van der Waals surface area contributed by atoms with E-state index in [0.29, 0.717) is 24.2 Å². The molecule has 20 heavy (non-hydrogen) atoms. The number of pyridine rings is 1. The Hall–Kier alpha value is -2.29. The van der Waals surface area contributed by atoms with Crippen LogP contribution in [0.2, 0.25) is 0 Å². The van der Waals surface area contributed by atoms with Crippen LogP contribution in [-0.2, 0) is 0 Å². The zero-order chi connectivity index (χ0) is 14.4. The van der Waals surface area contributed by atoms with Crippen LogP contribution in [0.4, 0.5) is 0 Å². The van der Waals surface area contributed by atoms with Crippen molar-refractivity contribution in [2.45, 2.75) is 13.8 Å². The van der Waals surface area contributed by atoms with Crippen LogP contribution in [0, 0.1) is 5.92 Å². The smallest absolute Gasteiger partial charge is 0.262 e. The van der Waals surface area contributed by atoms with E-state index in [4.69, 9.17) is 9.47 Å². The Morgan fingerprint density at radius 1 is 1.30 bits per heavy atom. The van der Waals surface area contributed by atoms with Gasteiger partial charge in [-0.15, -0.1) is 0 Å². The molecule has 0 N–H and O–H groups in total. The highest BCUT2D eigenvalue weighted by atomic mass is 16.5. The normalized spacial score (nSPS) is 11.2. The first-order chi connectivity index (χ1) is 9.70. The highest BCUT2D eigenvalue weighted by Crippen LogP contribution is 2.29. The van der Waals surface area contributed by atoms with Gasteiger partial charge < -0.3 is 9.47 Å². The Labute approximate surface area is 119 Å². The van der Waals surface area contributed by atoms with E-state index in [-0.39, 0.29) is 0 Å². The molecule has 3 nitrogen and oxygen atoms in total. The van der Waals surface area contributed by atoms with Crippen molar-refractivity contribution >= 4 is 10.9 Å². The summed E-state index contributed by atoms with van der Waals surface area (Å²) in [6.45, 7) is 8.25. The second-order valence-electron chi connectivity index (χ2n) is 4.77. The Morgan fingerprint density at radius 2 is 2.10 bits per heavy atom. The number of nitrogens with zero attached hydrogens (tertiary/aromatic N) is 1. The van der Waals surface area contributed by atoms with Gasteiger partial charge in [0.2, 0.25) is 0 Å². The minimum Gasteiger partial charge on any atom is -0.484 e. The Morgan fingerprint density at radius 3 is 2.85 bits per heavy atom. The minimum absolute atomic E-state index is 0.421. The van der Waals surface area contributed by atoms with Gasteiger partial charge >= 0.3 is 0 Å². The van der Waals surface area contributed by atoms with Gasteiger partial charge in [-0.05, 0) is 24.1 Å². The van der Waals surface area contributed by atoms with Crippen LogP contribution < -0.4 is 9.47 Å². The van der Waals surface area contributed by atoms with Gasteiger partial charge in [0.15, 0.2) is 5.75 Å². The van der Waals surface area contributed by atoms with Crippen LogP contribution in [0.1, 0.15) is 13.8 Å². The van der Waals surface area contributed by atoms with Crippen LogP contribution in [0.15, 0.2) is 55.3 Å². The fraction of sp³-hybridized carbons (Fsp3) is 0.235. The van der Waals surface area contributed by atoms with Crippen molar-refractivity contribution in [3.05, 3.63) is 55.3 Å². The third-order valence-electron chi connectivity index (χ3n) is 2.66. The molecule has 1 aromatic heterocycles. The van der Waals surface area contributed by atoms with Gasteiger partial charge in [0.25, 0.3) is 5.88 Å². The molecule has 0 fully saturated rings. The van der Waals surface area contributed by atoms with Gasteiger partial charge in [-0.3, -0.25) is 0 Å². The van der Waals surface area contributed by atoms with Gasteiger partial charge in [0.05, 0.1) is 11.8 Å². The van der Waals surface area contributed by atoms with E-state index >= 15 is 0 Å². The first kappa shape index (κ1) is 14.1. The first-order valence-corrected chi connectivity index (χ1v) is 6.67. The number of allylic oxidation sites excluding steroid dienone is 1. The van der Waals surface area contributed by atoms with Gasteiger partial charge in [-0.2, -0.15) is 0 Å². The molecule has 0 bridgehead atoms. The van der Waals surface area contributed by atoms with Crippen molar-refractivity contribution in [1.82, 2.24) is 4.98 Å². The minimum atomic E-state index is 0.421. The monoisotopic (exact) mass is 269 g/mol. The molecular weight excluding hydrogens is 250 g/mol. The van der Waals surface area contributed by atoms with Crippen molar-refractivity contribution in [3.8, 4) is 11.6 Å². The van der Waals surface area contributed by atoms with E-state index < -0.39 is 0 Å². The van der Waals surface area contributed by atoms with Gasteiger partial charge in [0.1, 0.15) is 6.61 Å². The summed E-state index contributed by atoms with van der Waals surface area (Å²) < 4.78 is 11.2. The number of hydrogen-bond donors (Lipinski definition) is 0. The van der Waals surface area contributed by atoms with E-state index in [1.807, 2.05) is 36.4 Å². The molecule has 1 heterocycles. The lowest BCUT2D eigenvalue weighted by Gasteiger charge is -2.10. The molecule has 0 radical (unpaired) electrons. The molecule has 0 saturated carbocycles. The maximum absolute atomic E-state index is 5.61. The lowest BCUT2D eigenvalue weighted by Crippen LogP contribution is -1.98. The molecule has 0 aliphatic rings. The summed E-state index contributed by atoms with van der Waals surface area (Å²) in [6.07, 6.45) is 5.32. The molecule has 0 amide bonds. The average Bonchev–Trinajstić information content (AvgIpc) is 2.44. The predicted molar refractivity (Wildman–Crippen MR) is 82.0 cm³/mol. The quantitative estimate of drug-likeness (QED) is 0.577. The fourth-order valence-corrected chi connectivity index (χ4v) is 1.68. The number of fused-ring (bicyclic) bond motifs is 1. The van der Waals surface area contributed by atoms with Gasteiger partial charge in [-0.1, -0.05) is 44.7 Å². The van der Waals surface area contributed by atoms with Crippen molar-refractivity contribution in [2.75, 3.05) is 6.61 Å². The van der Waals surface area contributed by atoms with Crippen molar-refractivity contribution < 1.29 is 9.47 Å². The van der Waals surface area contributed by atoms with Crippen LogP contribution in [0.5, 0.6) is 11.6 Å². The maximum atomic E-state index is 5.61. The molecule has 0 atom stereocenters. The summed E-state index contributed by atoms with van der Waals surface area (Å²) in [7, 11) is 0. The van der Waals surface area contributed by atoms with Gasteiger partial charge in [0, 0.05) is 5.39 Å². The van der Waals surface area contributed by atoms with Crippen LogP contribution >= 0.6 is 0 Å². The summed E-state index contributed by atoms with van der Waals surface area (Å²) in [6, 6.07) is 9.81. The maximum Gasteiger partial charge on any atom is 0.262 e. The number of rotatable bonds is 6. The number of hydrogen-bond acceptors (Lipinski definition) is 3. The van der Waals surface area contributed by atoms with Crippen LogP contribution in [0.25, 0.3) is 10.9 Å². The third-order valence-corrected chi connectivity index (χ3v) is 2.66. The lowest BCUT2D eigenvalue weighted by molar-refractivity contribution is 0.334. The average molecular weight is 269 g/mol. The van der Waals surface area contributed by atoms with Crippen LogP contribution in [0.3, 0.4) is 0 Å². The summed E-state index contributed by atoms with van der Waals surface area (Å²) >= 11 is 0. The lowest BCUT2D eigenvalue weighted by atomic mass is 10.2. The highest BCUT2D eigenvalue weighted by molar-refractivity contribution is 5.81. The molecule has 2 aromatic rings. The number of aromatic nitrogens is 1. The molecular formula is C17H19NO2. The molecule has 0 aliphatic heterocycles. The number of ether oxygens (including phenoxy) is 2. The fourth-order valence-electron chi connectivity index (χ4n) is 1.68. The Bertz CT molecular complexity index is 617. The second-order valence-corrected chi connectivity index (χ2v) is 4.77. The van der Waals surface area contributed by atoms with Crippen molar-refractivity contribution in [1.29, 1.82) is 0 Å². The largest absolute Gasteiger partial charge is 0.484 e. The Balaban J connectivity index is 2.34. The topological polar surface area (TPSA) is 31.4 Å². The zero-order valence-corrected chi connectivity index (χ0v) is 11.9. The predicted octanol–water partition coefficient (Wildman–Crippen LogP) is 4.35. The van der Waals surface area contributed by atoms with Crippen molar-refractivity contribution in [2.24, 2.45) is 5.92 Å². The summed E-state index contributed by atoms with van der Waals surface area (Å²) in [4.78, 5) is 4.49. The third kappa shape index (κ3) is 3.60. The molecule has 2 rings (SSSR count). The molecule has 3 heteroatoms. The molecule has 0 spiro atoms. The molecule has 0 saturated heterocycles. The first-order valence-electron chi connectivity index (χ1n) is 6.67. The van der Waals surface area contributed by atoms with E-state index in [1.165, 1.54) is 0 Å². The second kappa shape index (κ2) is 6.75. The number of benzene rings is 1. The number of para-hydroxylation sites is 1. The molecule has 1 aromatic carbocycles. The SMILES string of the molecule is C=CCOc1cc2ccccc2nc1OC=CC(C)C. The molecule has 104 valence electrons. The molecule has 0 unspecified atom stereocenters. The van der Waals surface area contributed by atoms with E-state index in [2.05, 4.69) is 25.4 Å².